The summed E-state index contributed by atoms with van der Waals surface area (Å²) < 4.78 is 41.9. The molecule has 0 saturated carbocycles. The van der Waals surface area contributed by atoms with E-state index in [1.807, 2.05) is 0 Å². The standard InChI is InChI=1S/C18H19ClFNO3S/c1-25(22,23)14-5-3-13(4-6-14)24-9-8-21-18-7-2-12-10-17(20)16(19)11-15(12)18/h3-6,10-11,18,21H,2,7-9H2,1H3. The van der Waals surface area contributed by atoms with Crippen LogP contribution in [0, 0.1) is 5.82 Å². The van der Waals surface area contributed by atoms with Gasteiger partial charge in [-0.2, -0.15) is 0 Å². The molecule has 4 nitrogen and oxygen atoms in total. The summed E-state index contributed by atoms with van der Waals surface area (Å²) in [6.45, 7) is 1.06. The molecule has 0 saturated heterocycles. The molecule has 1 aliphatic rings. The average Bonchev–Trinajstić information content (AvgIpc) is 2.94. The van der Waals surface area contributed by atoms with Crippen LogP contribution in [0.2, 0.25) is 5.02 Å². The predicted molar refractivity (Wildman–Crippen MR) is 95.5 cm³/mol. The number of benzene rings is 2. The first kappa shape index (κ1) is 18.2. The van der Waals surface area contributed by atoms with Gasteiger partial charge in [-0.1, -0.05) is 11.6 Å². The molecule has 134 valence electrons. The molecular weight excluding hydrogens is 365 g/mol. The summed E-state index contributed by atoms with van der Waals surface area (Å²) in [4.78, 5) is 0.268. The van der Waals surface area contributed by atoms with E-state index in [1.54, 1.807) is 18.2 Å². The van der Waals surface area contributed by atoms with Crippen molar-refractivity contribution in [3.63, 3.8) is 0 Å². The summed E-state index contributed by atoms with van der Waals surface area (Å²) in [7, 11) is -3.20. The number of aryl methyl sites for hydroxylation is 1. The highest BCUT2D eigenvalue weighted by atomic mass is 35.5. The van der Waals surface area contributed by atoms with Gasteiger partial charge < -0.3 is 10.1 Å². The number of ether oxygens (including phenoxy) is 1. The van der Waals surface area contributed by atoms with Gasteiger partial charge in [0.1, 0.15) is 18.2 Å². The van der Waals surface area contributed by atoms with Crippen LogP contribution in [0.4, 0.5) is 4.39 Å². The maximum Gasteiger partial charge on any atom is 0.175 e. The van der Waals surface area contributed by atoms with Crippen molar-refractivity contribution < 1.29 is 17.5 Å². The fraction of sp³-hybridized carbons (Fsp3) is 0.333. The van der Waals surface area contributed by atoms with Crippen LogP contribution in [0.25, 0.3) is 0 Å². The molecule has 0 aliphatic heterocycles. The van der Waals surface area contributed by atoms with E-state index in [0.717, 1.165) is 24.0 Å². The molecule has 0 aromatic heterocycles. The van der Waals surface area contributed by atoms with Crippen LogP contribution in [0.1, 0.15) is 23.6 Å². The quantitative estimate of drug-likeness (QED) is 0.775. The Hall–Kier alpha value is -1.63. The van der Waals surface area contributed by atoms with Crippen molar-refractivity contribution in [1.82, 2.24) is 5.32 Å². The lowest BCUT2D eigenvalue weighted by molar-refractivity contribution is 0.305. The van der Waals surface area contributed by atoms with Gasteiger partial charge in [0.05, 0.1) is 9.92 Å². The molecule has 1 unspecified atom stereocenters. The third-order valence-corrected chi connectivity index (χ3v) is 5.69. The van der Waals surface area contributed by atoms with Gasteiger partial charge >= 0.3 is 0 Å². The van der Waals surface area contributed by atoms with Crippen LogP contribution >= 0.6 is 11.6 Å². The van der Waals surface area contributed by atoms with E-state index in [1.165, 1.54) is 24.5 Å². The molecule has 0 bridgehead atoms. The Morgan fingerprint density at radius 2 is 2.00 bits per heavy atom. The van der Waals surface area contributed by atoms with E-state index in [4.69, 9.17) is 16.3 Å². The highest BCUT2D eigenvalue weighted by molar-refractivity contribution is 7.90. The van der Waals surface area contributed by atoms with Gasteiger partial charge in [0.25, 0.3) is 0 Å². The van der Waals surface area contributed by atoms with Crippen molar-refractivity contribution in [3.05, 3.63) is 58.4 Å². The van der Waals surface area contributed by atoms with Gasteiger partial charge in [0.15, 0.2) is 9.84 Å². The maximum atomic E-state index is 13.5. The van der Waals surface area contributed by atoms with Crippen molar-refractivity contribution in [3.8, 4) is 5.75 Å². The number of nitrogens with one attached hydrogen (secondary N) is 1. The van der Waals surface area contributed by atoms with Gasteiger partial charge in [-0.25, -0.2) is 12.8 Å². The van der Waals surface area contributed by atoms with Gasteiger partial charge in [-0.05, 0) is 60.4 Å². The second-order valence-electron chi connectivity index (χ2n) is 6.10. The van der Waals surface area contributed by atoms with Crippen molar-refractivity contribution in [2.24, 2.45) is 0 Å². The number of sulfone groups is 1. The minimum absolute atomic E-state index is 0.143. The first-order valence-electron chi connectivity index (χ1n) is 7.99. The van der Waals surface area contributed by atoms with Crippen LogP contribution in [0.3, 0.4) is 0 Å². The minimum atomic E-state index is -3.20. The highest BCUT2D eigenvalue weighted by Gasteiger charge is 2.23. The zero-order valence-electron chi connectivity index (χ0n) is 13.8. The Labute approximate surface area is 151 Å². The van der Waals surface area contributed by atoms with Gasteiger partial charge in [-0.3, -0.25) is 0 Å². The van der Waals surface area contributed by atoms with E-state index in [-0.39, 0.29) is 21.8 Å². The lowest BCUT2D eigenvalue weighted by Crippen LogP contribution is -2.24. The molecule has 25 heavy (non-hydrogen) atoms. The fourth-order valence-corrected chi connectivity index (χ4v) is 3.80. The molecule has 2 aromatic carbocycles. The van der Waals surface area contributed by atoms with Crippen LogP contribution in [0.5, 0.6) is 5.75 Å². The second kappa shape index (κ2) is 7.32. The highest BCUT2D eigenvalue weighted by Crippen LogP contribution is 2.34. The predicted octanol–water partition coefficient (Wildman–Crippen LogP) is 3.54. The largest absolute Gasteiger partial charge is 0.492 e. The molecule has 0 amide bonds. The van der Waals surface area contributed by atoms with Crippen molar-refractivity contribution in [2.45, 2.75) is 23.8 Å². The monoisotopic (exact) mass is 383 g/mol. The molecule has 1 atom stereocenters. The molecular formula is C18H19ClFNO3S. The van der Waals surface area contributed by atoms with Crippen LogP contribution < -0.4 is 10.1 Å². The molecule has 0 fully saturated rings. The van der Waals surface area contributed by atoms with Crippen molar-refractivity contribution in [2.75, 3.05) is 19.4 Å². The molecule has 1 N–H and O–H groups in total. The third kappa shape index (κ3) is 4.32. The lowest BCUT2D eigenvalue weighted by Gasteiger charge is -2.15. The Morgan fingerprint density at radius 3 is 2.68 bits per heavy atom. The van der Waals surface area contributed by atoms with Crippen LogP contribution in [-0.4, -0.2) is 27.8 Å². The molecule has 0 heterocycles. The van der Waals surface area contributed by atoms with E-state index in [0.29, 0.717) is 18.9 Å². The first-order valence-corrected chi connectivity index (χ1v) is 10.3. The Balaban J connectivity index is 1.51. The second-order valence-corrected chi connectivity index (χ2v) is 8.53. The summed E-state index contributed by atoms with van der Waals surface area (Å²) >= 11 is 5.87. The minimum Gasteiger partial charge on any atom is -0.492 e. The molecule has 7 heteroatoms. The average molecular weight is 384 g/mol. The maximum absolute atomic E-state index is 13.5. The SMILES string of the molecule is CS(=O)(=O)c1ccc(OCCNC2CCc3cc(F)c(Cl)cc32)cc1. The number of halogens is 2. The fourth-order valence-electron chi connectivity index (χ4n) is 3.00. The summed E-state index contributed by atoms with van der Waals surface area (Å²) in [5.74, 6) is 0.244. The van der Waals surface area contributed by atoms with E-state index in [2.05, 4.69) is 5.32 Å². The Kier molecular flexibility index (Phi) is 5.32. The summed E-state index contributed by atoms with van der Waals surface area (Å²) in [6.07, 6.45) is 2.90. The number of rotatable bonds is 6. The normalized spacial score (nSPS) is 16.7. The number of hydrogen-bond acceptors (Lipinski definition) is 4. The summed E-state index contributed by atoms with van der Waals surface area (Å²) in [5, 5.41) is 3.54. The molecule has 1 aliphatic carbocycles. The molecule has 2 aromatic rings. The Bertz CT molecular complexity index is 869. The Morgan fingerprint density at radius 1 is 1.28 bits per heavy atom. The van der Waals surface area contributed by atoms with Crippen LogP contribution in [-0.2, 0) is 16.3 Å². The molecule has 3 rings (SSSR count). The number of fused-ring (bicyclic) bond motifs is 1. The van der Waals surface area contributed by atoms with Gasteiger partial charge in [0.2, 0.25) is 0 Å². The number of hydrogen-bond donors (Lipinski definition) is 1. The summed E-state index contributed by atoms with van der Waals surface area (Å²) in [6, 6.07) is 9.70. The molecule has 0 radical (unpaired) electrons. The van der Waals surface area contributed by atoms with Gasteiger partial charge in [-0.15, -0.1) is 0 Å². The lowest BCUT2D eigenvalue weighted by atomic mass is 10.1. The van der Waals surface area contributed by atoms with Crippen molar-refractivity contribution >= 4 is 21.4 Å². The van der Waals surface area contributed by atoms with E-state index >= 15 is 0 Å². The van der Waals surface area contributed by atoms with E-state index in [9.17, 15) is 12.8 Å². The first-order chi connectivity index (χ1) is 11.8. The van der Waals surface area contributed by atoms with Gasteiger partial charge in [0, 0.05) is 18.8 Å². The zero-order chi connectivity index (χ0) is 18.0. The zero-order valence-corrected chi connectivity index (χ0v) is 15.3. The third-order valence-electron chi connectivity index (χ3n) is 4.27. The van der Waals surface area contributed by atoms with Crippen molar-refractivity contribution in [1.29, 1.82) is 0 Å². The smallest absolute Gasteiger partial charge is 0.175 e. The topological polar surface area (TPSA) is 55.4 Å². The molecule has 0 spiro atoms. The summed E-state index contributed by atoms with van der Waals surface area (Å²) in [5.41, 5.74) is 2.04. The van der Waals surface area contributed by atoms with Crippen LogP contribution in [0.15, 0.2) is 41.3 Å². The van der Waals surface area contributed by atoms with E-state index < -0.39 is 9.84 Å².